The van der Waals surface area contributed by atoms with Crippen molar-refractivity contribution >= 4 is 11.6 Å². The number of rotatable bonds is 3. The standard InChI is InChI=1S/C12H16F3N3O/c1-16-10-5-8(12(13,14)15)6-11(17-10)18-4-3-9(7-18)19-2/h5-6,9H,3-4,7H2,1-2H3,(H,16,17). The van der Waals surface area contributed by atoms with Gasteiger partial charge in [-0.1, -0.05) is 0 Å². The number of nitrogens with zero attached hydrogens (tertiary/aromatic N) is 2. The average Bonchev–Trinajstić information content (AvgIpc) is 2.86. The molecule has 0 radical (unpaired) electrons. The summed E-state index contributed by atoms with van der Waals surface area (Å²) >= 11 is 0. The summed E-state index contributed by atoms with van der Waals surface area (Å²) in [6.07, 6.45) is -3.53. The van der Waals surface area contributed by atoms with Crippen molar-refractivity contribution in [3.63, 3.8) is 0 Å². The maximum absolute atomic E-state index is 12.8. The Morgan fingerprint density at radius 3 is 2.68 bits per heavy atom. The molecule has 19 heavy (non-hydrogen) atoms. The first kappa shape index (κ1) is 13.9. The first-order valence-corrected chi connectivity index (χ1v) is 5.99. The lowest BCUT2D eigenvalue weighted by Gasteiger charge is -2.19. The molecular weight excluding hydrogens is 259 g/mol. The fraction of sp³-hybridized carbons (Fsp3) is 0.583. The zero-order valence-electron chi connectivity index (χ0n) is 10.8. The lowest BCUT2D eigenvalue weighted by Crippen LogP contribution is -2.24. The molecule has 0 bridgehead atoms. The Balaban J connectivity index is 2.30. The molecule has 0 aliphatic carbocycles. The number of alkyl halides is 3. The molecular formula is C12H16F3N3O. The number of ether oxygens (including phenoxy) is 1. The second-order valence-corrected chi connectivity index (χ2v) is 4.44. The minimum atomic E-state index is -4.37. The maximum atomic E-state index is 12.8. The van der Waals surface area contributed by atoms with Crippen molar-refractivity contribution in [1.29, 1.82) is 0 Å². The molecule has 1 unspecified atom stereocenters. The van der Waals surface area contributed by atoms with Gasteiger partial charge in [0.2, 0.25) is 0 Å². The highest BCUT2D eigenvalue weighted by Gasteiger charge is 2.33. The van der Waals surface area contributed by atoms with Gasteiger partial charge in [-0.15, -0.1) is 0 Å². The molecule has 1 aromatic heterocycles. The van der Waals surface area contributed by atoms with Crippen molar-refractivity contribution in [1.82, 2.24) is 4.98 Å². The Morgan fingerprint density at radius 1 is 1.42 bits per heavy atom. The van der Waals surface area contributed by atoms with E-state index >= 15 is 0 Å². The largest absolute Gasteiger partial charge is 0.416 e. The van der Waals surface area contributed by atoms with Crippen LogP contribution in [0.5, 0.6) is 0 Å². The minimum Gasteiger partial charge on any atom is -0.380 e. The fourth-order valence-electron chi connectivity index (χ4n) is 2.10. The number of anilines is 2. The predicted octanol–water partition coefficient (Wildman–Crippen LogP) is 2.37. The summed E-state index contributed by atoms with van der Waals surface area (Å²) in [4.78, 5) is 5.99. The van der Waals surface area contributed by atoms with Crippen molar-refractivity contribution in [2.45, 2.75) is 18.7 Å². The molecule has 0 amide bonds. The summed E-state index contributed by atoms with van der Waals surface area (Å²) in [5.41, 5.74) is -0.692. The normalized spacial score (nSPS) is 19.8. The summed E-state index contributed by atoms with van der Waals surface area (Å²) in [5.74, 6) is 0.546. The Hall–Kier alpha value is -1.50. The van der Waals surface area contributed by atoms with Crippen LogP contribution in [0.2, 0.25) is 0 Å². The lowest BCUT2D eigenvalue weighted by molar-refractivity contribution is -0.137. The summed E-state index contributed by atoms with van der Waals surface area (Å²) < 4.78 is 43.7. The molecule has 1 N–H and O–H groups in total. The van der Waals surface area contributed by atoms with Gasteiger partial charge in [0.15, 0.2) is 0 Å². The topological polar surface area (TPSA) is 37.4 Å². The third kappa shape index (κ3) is 3.09. The molecule has 2 heterocycles. The van der Waals surface area contributed by atoms with Gasteiger partial charge in [-0.25, -0.2) is 4.98 Å². The minimum absolute atomic E-state index is 0.0504. The molecule has 1 aliphatic rings. The molecule has 4 nitrogen and oxygen atoms in total. The van der Waals surface area contributed by atoms with E-state index in [1.807, 2.05) is 4.90 Å². The lowest BCUT2D eigenvalue weighted by atomic mass is 10.2. The van der Waals surface area contributed by atoms with Crippen molar-refractivity contribution in [3.8, 4) is 0 Å². The van der Waals surface area contributed by atoms with E-state index in [-0.39, 0.29) is 11.9 Å². The number of hydrogen-bond donors (Lipinski definition) is 1. The highest BCUT2D eigenvalue weighted by atomic mass is 19.4. The molecule has 1 fully saturated rings. The van der Waals surface area contributed by atoms with Crippen LogP contribution in [-0.2, 0) is 10.9 Å². The van der Waals surface area contributed by atoms with Gasteiger partial charge in [-0.3, -0.25) is 0 Å². The SMILES string of the molecule is CNc1cc(C(F)(F)F)cc(N2CCC(OC)C2)n1. The first-order chi connectivity index (χ1) is 8.94. The van der Waals surface area contributed by atoms with E-state index in [9.17, 15) is 13.2 Å². The summed E-state index contributed by atoms with van der Waals surface area (Å²) in [6.45, 7) is 1.21. The third-order valence-electron chi connectivity index (χ3n) is 3.20. The van der Waals surface area contributed by atoms with Crippen LogP contribution in [0.15, 0.2) is 12.1 Å². The van der Waals surface area contributed by atoms with Gasteiger partial charge >= 0.3 is 6.18 Å². The molecule has 106 valence electrons. The number of nitrogens with one attached hydrogen (secondary N) is 1. The van der Waals surface area contributed by atoms with E-state index in [1.165, 1.54) is 0 Å². The first-order valence-electron chi connectivity index (χ1n) is 5.99. The zero-order valence-corrected chi connectivity index (χ0v) is 10.8. The number of aromatic nitrogens is 1. The molecule has 7 heteroatoms. The number of methoxy groups -OCH3 is 1. The van der Waals surface area contributed by atoms with Gasteiger partial charge in [-0.2, -0.15) is 13.2 Å². The molecule has 2 rings (SSSR count). The van der Waals surface area contributed by atoms with Crippen LogP contribution in [0.3, 0.4) is 0 Å². The smallest absolute Gasteiger partial charge is 0.380 e. The summed E-state index contributed by atoms with van der Waals surface area (Å²) in [5, 5.41) is 2.66. The summed E-state index contributed by atoms with van der Waals surface area (Å²) in [6, 6.07) is 2.09. The third-order valence-corrected chi connectivity index (χ3v) is 3.20. The summed E-state index contributed by atoms with van der Waals surface area (Å²) in [7, 11) is 3.15. The van der Waals surface area contributed by atoms with Crippen LogP contribution >= 0.6 is 0 Å². The molecule has 1 saturated heterocycles. The predicted molar refractivity (Wildman–Crippen MR) is 66.4 cm³/mol. The number of hydrogen-bond acceptors (Lipinski definition) is 4. The highest BCUT2D eigenvalue weighted by Crippen LogP contribution is 2.33. The molecule has 1 atom stereocenters. The van der Waals surface area contributed by atoms with E-state index in [2.05, 4.69) is 10.3 Å². The van der Waals surface area contributed by atoms with Gasteiger partial charge in [-0.05, 0) is 18.6 Å². The van der Waals surface area contributed by atoms with Gasteiger partial charge in [0.1, 0.15) is 11.6 Å². The van der Waals surface area contributed by atoms with Gasteiger partial charge in [0.25, 0.3) is 0 Å². The van der Waals surface area contributed by atoms with E-state index in [4.69, 9.17) is 4.74 Å². The average molecular weight is 275 g/mol. The Labute approximate surface area is 109 Å². The Bertz CT molecular complexity index is 450. The van der Waals surface area contributed by atoms with Crippen molar-refractivity contribution in [3.05, 3.63) is 17.7 Å². The molecule has 1 aliphatic heterocycles. The second kappa shape index (κ2) is 5.24. The van der Waals surface area contributed by atoms with Crippen molar-refractivity contribution in [2.24, 2.45) is 0 Å². The fourth-order valence-corrected chi connectivity index (χ4v) is 2.10. The van der Waals surface area contributed by atoms with Gasteiger partial charge < -0.3 is 15.0 Å². The number of pyridine rings is 1. The Kier molecular flexibility index (Phi) is 3.84. The second-order valence-electron chi connectivity index (χ2n) is 4.44. The molecule has 0 aromatic carbocycles. The highest BCUT2D eigenvalue weighted by molar-refractivity contribution is 5.51. The van der Waals surface area contributed by atoms with Gasteiger partial charge in [0, 0.05) is 27.2 Å². The Morgan fingerprint density at radius 2 is 2.16 bits per heavy atom. The molecule has 0 spiro atoms. The van der Waals surface area contributed by atoms with E-state index < -0.39 is 11.7 Å². The van der Waals surface area contributed by atoms with Crippen LogP contribution in [0.4, 0.5) is 24.8 Å². The molecule has 1 aromatic rings. The van der Waals surface area contributed by atoms with E-state index in [0.29, 0.717) is 18.9 Å². The van der Waals surface area contributed by atoms with Crippen LogP contribution < -0.4 is 10.2 Å². The maximum Gasteiger partial charge on any atom is 0.416 e. The number of halogens is 3. The van der Waals surface area contributed by atoms with Gasteiger partial charge in [0.05, 0.1) is 11.7 Å². The van der Waals surface area contributed by atoms with Crippen LogP contribution in [0.1, 0.15) is 12.0 Å². The molecule has 0 saturated carbocycles. The quantitative estimate of drug-likeness (QED) is 0.919. The zero-order chi connectivity index (χ0) is 14.0. The van der Waals surface area contributed by atoms with Crippen LogP contribution in [-0.4, -0.2) is 38.3 Å². The van der Waals surface area contributed by atoms with E-state index in [0.717, 1.165) is 18.6 Å². The monoisotopic (exact) mass is 275 g/mol. The van der Waals surface area contributed by atoms with Crippen molar-refractivity contribution in [2.75, 3.05) is 37.5 Å². The van der Waals surface area contributed by atoms with E-state index in [1.54, 1.807) is 14.2 Å². The van der Waals surface area contributed by atoms with Crippen LogP contribution in [0.25, 0.3) is 0 Å². The van der Waals surface area contributed by atoms with Crippen LogP contribution in [0, 0.1) is 0 Å². The van der Waals surface area contributed by atoms with Crippen molar-refractivity contribution < 1.29 is 17.9 Å².